The smallest absolute Gasteiger partial charge is 0.323 e. The van der Waals surface area contributed by atoms with E-state index in [4.69, 9.17) is 9.47 Å². The molecule has 0 amide bonds. The number of cyclic esters (lactones) is 2. The average Bonchev–Trinajstić information content (AvgIpc) is 2.75. The number of hydrogen-bond acceptors (Lipinski definition) is 9. The molecule has 1 saturated heterocycles. The summed E-state index contributed by atoms with van der Waals surface area (Å²) in [6, 6.07) is 7.71. The fraction of sp³-hybridized carbons (Fsp3) is 0.333. The molecule has 2 aromatic rings. The van der Waals surface area contributed by atoms with Gasteiger partial charge in [-0.05, 0) is 55.3 Å². The van der Waals surface area contributed by atoms with Gasteiger partial charge in [-0.2, -0.15) is 0 Å². The first-order valence-corrected chi connectivity index (χ1v) is 9.30. The molecule has 2 atom stereocenters. The summed E-state index contributed by atoms with van der Waals surface area (Å²) >= 11 is 0. The van der Waals surface area contributed by atoms with Crippen LogP contribution in [0.3, 0.4) is 0 Å². The number of carbonyl (C=O) groups is 2. The van der Waals surface area contributed by atoms with Gasteiger partial charge < -0.3 is 29.9 Å². The van der Waals surface area contributed by atoms with E-state index in [2.05, 4.69) is 0 Å². The summed E-state index contributed by atoms with van der Waals surface area (Å²) in [5.41, 5.74) is 1.17. The molecule has 9 heteroatoms. The molecule has 0 aromatic heterocycles. The van der Waals surface area contributed by atoms with Gasteiger partial charge in [0.25, 0.3) is 0 Å². The number of phenols is 4. The molecule has 0 bridgehead atoms. The van der Waals surface area contributed by atoms with E-state index in [9.17, 15) is 30.0 Å². The van der Waals surface area contributed by atoms with Gasteiger partial charge in [0.2, 0.25) is 0 Å². The maximum atomic E-state index is 12.7. The zero-order valence-electron chi connectivity index (χ0n) is 16.3. The molecule has 4 N–H and O–H groups in total. The SMILES string of the molecule is CN1COC(=O)C(Cc2ccc(O)c(O)c2)COC(=O)C1Cc1ccc(O)c(O)c1. The molecule has 1 heterocycles. The number of benzene rings is 2. The van der Waals surface area contributed by atoms with E-state index in [0.717, 1.165) is 0 Å². The molecule has 2 aromatic carbocycles. The van der Waals surface area contributed by atoms with Crippen LogP contribution in [0.4, 0.5) is 0 Å². The quantitative estimate of drug-likeness (QED) is 0.428. The van der Waals surface area contributed by atoms with Crippen molar-refractivity contribution >= 4 is 11.9 Å². The van der Waals surface area contributed by atoms with Crippen LogP contribution in [-0.4, -0.2) is 63.7 Å². The molecule has 0 spiro atoms. The Morgan fingerprint density at radius 1 is 0.833 bits per heavy atom. The Labute approximate surface area is 172 Å². The second kappa shape index (κ2) is 8.91. The first-order valence-electron chi connectivity index (χ1n) is 9.30. The first kappa shape index (κ1) is 21.3. The standard InChI is InChI=1S/C21H23NO8/c1-22-11-30-20(27)14(6-12-2-4-16(23)18(25)8-12)10-29-21(28)15(22)7-13-3-5-17(24)19(26)9-13/h2-5,8-9,14-15,23-26H,6-7,10-11H2,1H3. The number of hydrogen-bond donors (Lipinski definition) is 4. The lowest BCUT2D eigenvalue weighted by molar-refractivity contribution is -0.153. The van der Waals surface area contributed by atoms with Gasteiger partial charge in [0.1, 0.15) is 19.4 Å². The first-order chi connectivity index (χ1) is 14.2. The highest BCUT2D eigenvalue weighted by atomic mass is 16.6. The zero-order valence-corrected chi connectivity index (χ0v) is 16.3. The van der Waals surface area contributed by atoms with Gasteiger partial charge in [-0.25, -0.2) is 0 Å². The topological polar surface area (TPSA) is 137 Å². The van der Waals surface area contributed by atoms with Crippen LogP contribution in [0.2, 0.25) is 0 Å². The normalized spacial score (nSPS) is 20.6. The van der Waals surface area contributed by atoms with Crippen LogP contribution in [0, 0.1) is 5.92 Å². The summed E-state index contributed by atoms with van der Waals surface area (Å²) in [6.45, 7) is -0.343. The lowest BCUT2D eigenvalue weighted by Gasteiger charge is -2.24. The summed E-state index contributed by atoms with van der Waals surface area (Å²) in [5, 5.41) is 38.2. The minimum Gasteiger partial charge on any atom is -0.504 e. The van der Waals surface area contributed by atoms with E-state index in [0.29, 0.717) is 11.1 Å². The molecule has 2 unspecified atom stereocenters. The fourth-order valence-electron chi connectivity index (χ4n) is 3.18. The van der Waals surface area contributed by atoms with Crippen LogP contribution in [-0.2, 0) is 31.9 Å². The van der Waals surface area contributed by atoms with E-state index in [1.165, 1.54) is 29.2 Å². The number of likely N-dealkylation sites (N-methyl/N-ethyl adjacent to an activating group) is 1. The van der Waals surface area contributed by atoms with Crippen molar-refractivity contribution in [3.05, 3.63) is 47.5 Å². The number of aromatic hydroxyl groups is 4. The van der Waals surface area contributed by atoms with Gasteiger partial charge >= 0.3 is 11.9 Å². The third-order valence-corrected chi connectivity index (χ3v) is 4.97. The molecule has 1 aliphatic heterocycles. The highest BCUT2D eigenvalue weighted by Gasteiger charge is 2.32. The Hall–Kier alpha value is -3.46. The van der Waals surface area contributed by atoms with Crippen molar-refractivity contribution in [3.63, 3.8) is 0 Å². The van der Waals surface area contributed by atoms with Crippen molar-refractivity contribution in [1.29, 1.82) is 0 Å². The molecule has 0 saturated carbocycles. The number of carbonyl (C=O) groups excluding carboxylic acids is 2. The molecule has 0 radical (unpaired) electrons. The van der Waals surface area contributed by atoms with Crippen molar-refractivity contribution in [2.24, 2.45) is 5.92 Å². The Balaban J connectivity index is 1.73. The van der Waals surface area contributed by atoms with Crippen LogP contribution in [0.15, 0.2) is 36.4 Å². The Morgan fingerprint density at radius 2 is 1.40 bits per heavy atom. The molecular formula is C21H23NO8. The van der Waals surface area contributed by atoms with Gasteiger partial charge in [-0.1, -0.05) is 12.1 Å². The third kappa shape index (κ3) is 4.93. The summed E-state index contributed by atoms with van der Waals surface area (Å²) in [4.78, 5) is 26.7. The molecule has 1 fully saturated rings. The Kier molecular flexibility index (Phi) is 6.31. The van der Waals surface area contributed by atoms with Gasteiger partial charge in [0.05, 0.1) is 5.92 Å². The maximum Gasteiger partial charge on any atom is 0.323 e. The number of ether oxygens (including phenoxy) is 2. The summed E-state index contributed by atoms with van der Waals surface area (Å²) in [6.07, 6.45) is 0.331. The van der Waals surface area contributed by atoms with E-state index in [-0.39, 0.29) is 49.2 Å². The number of esters is 2. The van der Waals surface area contributed by atoms with E-state index in [1.54, 1.807) is 19.2 Å². The van der Waals surface area contributed by atoms with Gasteiger partial charge in [0, 0.05) is 0 Å². The predicted octanol–water partition coefficient (Wildman–Crippen LogP) is 1.27. The molecule has 9 nitrogen and oxygen atoms in total. The molecule has 30 heavy (non-hydrogen) atoms. The van der Waals surface area contributed by atoms with Gasteiger partial charge in [0.15, 0.2) is 23.0 Å². The van der Waals surface area contributed by atoms with Crippen molar-refractivity contribution < 1.29 is 39.5 Å². The van der Waals surface area contributed by atoms with Crippen molar-refractivity contribution in [1.82, 2.24) is 4.90 Å². The molecule has 160 valence electrons. The van der Waals surface area contributed by atoms with Crippen molar-refractivity contribution in [2.75, 3.05) is 20.4 Å². The van der Waals surface area contributed by atoms with Crippen LogP contribution in [0.25, 0.3) is 0 Å². The van der Waals surface area contributed by atoms with Crippen LogP contribution in [0.5, 0.6) is 23.0 Å². The fourth-order valence-corrected chi connectivity index (χ4v) is 3.18. The van der Waals surface area contributed by atoms with Gasteiger partial charge in [-0.15, -0.1) is 0 Å². The maximum absolute atomic E-state index is 12.7. The lowest BCUT2D eigenvalue weighted by Crippen LogP contribution is -2.42. The van der Waals surface area contributed by atoms with Crippen molar-refractivity contribution in [3.8, 4) is 23.0 Å². The van der Waals surface area contributed by atoms with Crippen LogP contribution < -0.4 is 0 Å². The van der Waals surface area contributed by atoms with Crippen molar-refractivity contribution in [2.45, 2.75) is 18.9 Å². The number of nitrogens with zero attached hydrogens (tertiary/aromatic N) is 1. The lowest BCUT2D eigenvalue weighted by atomic mass is 9.99. The number of rotatable bonds is 4. The molecule has 0 aliphatic carbocycles. The largest absolute Gasteiger partial charge is 0.504 e. The molecule has 3 rings (SSSR count). The molecule has 1 aliphatic rings. The van der Waals surface area contributed by atoms with E-state index in [1.807, 2.05) is 0 Å². The number of phenolic OH excluding ortho intramolecular Hbond substituents is 4. The third-order valence-electron chi connectivity index (χ3n) is 4.97. The van der Waals surface area contributed by atoms with E-state index >= 15 is 0 Å². The monoisotopic (exact) mass is 417 g/mol. The second-order valence-electron chi connectivity index (χ2n) is 7.25. The zero-order chi connectivity index (χ0) is 21.8. The summed E-state index contributed by atoms with van der Waals surface area (Å²) in [7, 11) is 1.61. The Morgan fingerprint density at radius 3 is 1.97 bits per heavy atom. The minimum absolute atomic E-state index is 0.139. The summed E-state index contributed by atoms with van der Waals surface area (Å²) < 4.78 is 10.7. The second-order valence-corrected chi connectivity index (χ2v) is 7.25. The predicted molar refractivity (Wildman–Crippen MR) is 104 cm³/mol. The van der Waals surface area contributed by atoms with E-state index < -0.39 is 23.9 Å². The summed E-state index contributed by atoms with van der Waals surface area (Å²) in [5.74, 6) is -3.02. The molecular weight excluding hydrogens is 394 g/mol. The highest BCUT2D eigenvalue weighted by Crippen LogP contribution is 2.28. The Bertz CT molecular complexity index is 945. The average molecular weight is 417 g/mol. The van der Waals surface area contributed by atoms with Gasteiger partial charge in [-0.3, -0.25) is 14.5 Å². The minimum atomic E-state index is -0.775. The van der Waals surface area contributed by atoms with Crippen LogP contribution >= 0.6 is 0 Å². The van der Waals surface area contributed by atoms with Crippen LogP contribution in [0.1, 0.15) is 11.1 Å². The highest BCUT2D eigenvalue weighted by molar-refractivity contribution is 5.78.